The minimum atomic E-state index is -1.60. The fourth-order valence-electron chi connectivity index (χ4n) is 2.90. The summed E-state index contributed by atoms with van der Waals surface area (Å²) in [6, 6.07) is 9.64. The molecule has 3 rings (SSSR count). The number of nitrogens with two attached hydrogens (primary N) is 1. The minimum absolute atomic E-state index is 0.0443. The number of hydrogen-bond acceptors (Lipinski definition) is 6. The summed E-state index contributed by atoms with van der Waals surface area (Å²) < 4.78 is 0. The van der Waals surface area contributed by atoms with Crippen molar-refractivity contribution in [2.24, 2.45) is 10.7 Å². The van der Waals surface area contributed by atoms with Gasteiger partial charge in [-0.2, -0.15) is 0 Å². The van der Waals surface area contributed by atoms with E-state index in [2.05, 4.69) is 25.9 Å². The Labute approximate surface area is 165 Å². The fourth-order valence-corrected chi connectivity index (χ4v) is 3.13. The van der Waals surface area contributed by atoms with Crippen molar-refractivity contribution in [3.05, 3.63) is 58.7 Å². The molecule has 0 aliphatic carbocycles. The second-order valence-electron chi connectivity index (χ2n) is 5.90. The smallest absolute Gasteiger partial charge is 0.267 e. The van der Waals surface area contributed by atoms with Crippen molar-refractivity contribution in [3.63, 3.8) is 0 Å². The van der Waals surface area contributed by atoms with Crippen LogP contribution in [0.15, 0.2) is 47.6 Å². The third-order valence-electron chi connectivity index (χ3n) is 4.30. The number of carbonyl (C=O) groups excluding carboxylic acids is 3. The molecule has 0 fully saturated rings. The third-order valence-corrected chi connectivity index (χ3v) is 4.63. The van der Waals surface area contributed by atoms with Crippen molar-refractivity contribution >= 4 is 40.9 Å². The van der Waals surface area contributed by atoms with Crippen molar-refractivity contribution < 1.29 is 14.4 Å². The normalized spacial score (nSPS) is 18.3. The van der Waals surface area contributed by atoms with Crippen molar-refractivity contribution in [2.45, 2.75) is 5.54 Å². The van der Waals surface area contributed by atoms with E-state index in [0.717, 1.165) is 0 Å². The van der Waals surface area contributed by atoms with Crippen LogP contribution in [0.3, 0.4) is 0 Å². The van der Waals surface area contributed by atoms with Crippen LogP contribution < -0.4 is 21.7 Å². The molecule has 1 unspecified atom stereocenters. The van der Waals surface area contributed by atoms with Crippen LogP contribution in [0.1, 0.15) is 15.9 Å². The van der Waals surface area contributed by atoms with E-state index in [1.807, 2.05) is 0 Å². The minimum Gasteiger partial charge on any atom is -0.367 e. The highest BCUT2D eigenvalue weighted by molar-refractivity contribution is 6.47. The van der Waals surface area contributed by atoms with Crippen molar-refractivity contribution in [1.82, 2.24) is 15.6 Å². The molecule has 0 spiro atoms. The lowest BCUT2D eigenvalue weighted by Crippen LogP contribution is -2.58. The van der Waals surface area contributed by atoms with Crippen LogP contribution in [0.25, 0.3) is 0 Å². The molecule has 144 valence electrons. The van der Waals surface area contributed by atoms with Crippen LogP contribution >= 0.6 is 11.6 Å². The van der Waals surface area contributed by atoms with Crippen LogP contribution in [0.5, 0.6) is 0 Å². The third kappa shape index (κ3) is 3.32. The van der Waals surface area contributed by atoms with Gasteiger partial charge in [0.15, 0.2) is 5.54 Å². The summed E-state index contributed by atoms with van der Waals surface area (Å²) in [7, 11) is 1.43. The molecule has 9 nitrogen and oxygen atoms in total. The molecule has 1 aromatic heterocycles. The summed E-state index contributed by atoms with van der Waals surface area (Å²) in [5, 5.41) is 8.23. The Morgan fingerprint density at radius 2 is 1.93 bits per heavy atom. The molecule has 5 N–H and O–H groups in total. The topological polar surface area (TPSA) is 139 Å². The zero-order valence-electron chi connectivity index (χ0n) is 14.8. The lowest BCUT2D eigenvalue weighted by Gasteiger charge is -2.27. The highest BCUT2D eigenvalue weighted by atomic mass is 35.5. The van der Waals surface area contributed by atoms with Gasteiger partial charge < -0.3 is 16.4 Å². The largest absolute Gasteiger partial charge is 0.367 e. The molecule has 0 saturated heterocycles. The van der Waals surface area contributed by atoms with Crippen LogP contribution in [0.2, 0.25) is 5.02 Å². The Morgan fingerprint density at radius 1 is 1.18 bits per heavy atom. The van der Waals surface area contributed by atoms with E-state index in [1.54, 1.807) is 24.3 Å². The van der Waals surface area contributed by atoms with Crippen LogP contribution in [-0.4, -0.2) is 42.1 Å². The van der Waals surface area contributed by atoms with Crippen molar-refractivity contribution in [3.8, 4) is 0 Å². The van der Waals surface area contributed by atoms with Gasteiger partial charge in [-0.15, -0.1) is 0 Å². The average molecular weight is 401 g/mol. The van der Waals surface area contributed by atoms with Gasteiger partial charge in [0, 0.05) is 18.8 Å². The van der Waals surface area contributed by atoms with Gasteiger partial charge in [0.1, 0.15) is 11.5 Å². The second kappa shape index (κ2) is 7.75. The first kappa shape index (κ1) is 19.5. The first-order chi connectivity index (χ1) is 13.4. The lowest BCUT2D eigenvalue weighted by molar-refractivity contribution is -0.123. The molecule has 1 atom stereocenters. The predicted octanol–water partition coefficient (Wildman–Crippen LogP) is 0.416. The molecular formula is C18H17ClN6O3. The number of hydrogen-bond donors (Lipinski definition) is 4. The monoisotopic (exact) mass is 400 g/mol. The first-order valence-electron chi connectivity index (χ1n) is 8.24. The number of amides is 3. The maximum absolute atomic E-state index is 12.3. The maximum atomic E-state index is 12.3. The van der Waals surface area contributed by atoms with Gasteiger partial charge >= 0.3 is 0 Å². The van der Waals surface area contributed by atoms with Crippen molar-refractivity contribution in [1.29, 1.82) is 0 Å². The second-order valence-corrected chi connectivity index (χ2v) is 6.31. The molecule has 1 aliphatic rings. The molecule has 1 aliphatic heterocycles. The number of nitrogens with zero attached hydrogens (tertiary/aromatic N) is 2. The lowest BCUT2D eigenvalue weighted by atomic mass is 9.85. The Kier molecular flexibility index (Phi) is 5.39. The van der Waals surface area contributed by atoms with Gasteiger partial charge in [0.25, 0.3) is 11.8 Å². The van der Waals surface area contributed by atoms with E-state index < -0.39 is 23.3 Å². The number of pyridine rings is 1. The number of aromatic nitrogens is 1. The van der Waals surface area contributed by atoms with Gasteiger partial charge in [-0.05, 0) is 18.2 Å². The molecule has 2 aromatic rings. The van der Waals surface area contributed by atoms with E-state index in [0.29, 0.717) is 16.1 Å². The molecule has 1 aromatic carbocycles. The van der Waals surface area contributed by atoms with Gasteiger partial charge in [-0.1, -0.05) is 29.8 Å². The van der Waals surface area contributed by atoms with E-state index in [1.165, 1.54) is 25.4 Å². The van der Waals surface area contributed by atoms with Gasteiger partial charge in [0.05, 0.1) is 17.3 Å². The van der Waals surface area contributed by atoms with E-state index in [4.69, 9.17) is 17.3 Å². The summed E-state index contributed by atoms with van der Waals surface area (Å²) >= 11 is 6.02. The number of nitrogens with one attached hydrogen (secondary N) is 3. The van der Waals surface area contributed by atoms with E-state index in [-0.39, 0.29) is 18.2 Å². The van der Waals surface area contributed by atoms with Crippen molar-refractivity contribution in [2.75, 3.05) is 19.0 Å². The molecule has 3 amide bonds. The van der Waals surface area contributed by atoms with Crippen LogP contribution in [0, 0.1) is 0 Å². The summed E-state index contributed by atoms with van der Waals surface area (Å²) in [5.41, 5.74) is 4.57. The molecular weight excluding hydrogens is 384 g/mol. The van der Waals surface area contributed by atoms with Crippen LogP contribution in [0.4, 0.5) is 5.82 Å². The SMILES string of the molecule is CNC(=O)C1=NCNC1(C(N)=O)c1ccc(NC(=O)c2ccccc2Cl)nc1. The summed E-state index contributed by atoms with van der Waals surface area (Å²) in [6.07, 6.45) is 1.35. The van der Waals surface area contributed by atoms with Gasteiger partial charge in [-0.25, -0.2) is 4.98 Å². The Balaban J connectivity index is 1.88. The predicted molar refractivity (Wildman–Crippen MR) is 104 cm³/mol. The maximum Gasteiger partial charge on any atom is 0.267 e. The molecule has 28 heavy (non-hydrogen) atoms. The zero-order valence-corrected chi connectivity index (χ0v) is 15.6. The van der Waals surface area contributed by atoms with E-state index >= 15 is 0 Å². The highest BCUT2D eigenvalue weighted by Crippen LogP contribution is 2.27. The molecule has 0 saturated carbocycles. The number of aliphatic imine (C=N–C) groups is 1. The first-order valence-corrected chi connectivity index (χ1v) is 8.62. The number of benzene rings is 1. The number of rotatable bonds is 5. The zero-order chi connectivity index (χ0) is 20.3. The summed E-state index contributed by atoms with van der Waals surface area (Å²) in [4.78, 5) is 44.9. The highest BCUT2D eigenvalue weighted by Gasteiger charge is 2.49. The molecule has 10 heteroatoms. The molecule has 2 heterocycles. The standard InChI is InChI=1S/C18H17ClN6O3/c1-21-16(27)14-18(17(20)28,24-9-23-14)10-6-7-13(22-8-10)25-15(26)11-4-2-3-5-12(11)19/h2-8,24H,9H2,1H3,(H2,20,28)(H,21,27)(H,22,25,26). The number of primary amides is 1. The number of anilines is 1. The summed E-state index contributed by atoms with van der Waals surface area (Å²) in [5.74, 6) is -1.51. The Bertz CT molecular complexity index is 976. The average Bonchev–Trinajstić information content (AvgIpc) is 3.14. The Hall–Kier alpha value is -3.30. The molecule has 0 bridgehead atoms. The summed E-state index contributed by atoms with van der Waals surface area (Å²) in [6.45, 7) is 0.0523. The fraction of sp³-hybridized carbons (Fsp3) is 0.167. The van der Waals surface area contributed by atoms with E-state index in [9.17, 15) is 14.4 Å². The number of halogens is 1. The van der Waals surface area contributed by atoms with Crippen LogP contribution in [-0.2, 0) is 15.1 Å². The van der Waals surface area contributed by atoms with Gasteiger partial charge in [0.2, 0.25) is 5.91 Å². The van der Waals surface area contributed by atoms with Gasteiger partial charge in [-0.3, -0.25) is 24.7 Å². The number of carbonyl (C=O) groups is 3. The Morgan fingerprint density at radius 3 is 2.54 bits per heavy atom. The quantitative estimate of drug-likeness (QED) is 0.576. The molecule has 0 radical (unpaired) electrons.